The van der Waals surface area contributed by atoms with Gasteiger partial charge in [-0.2, -0.15) is 0 Å². The molecule has 1 aliphatic heterocycles. The number of hydrogen-bond donors (Lipinski definition) is 2. The fourth-order valence-corrected chi connectivity index (χ4v) is 2.20. The minimum atomic E-state index is -0.528. The summed E-state index contributed by atoms with van der Waals surface area (Å²) in [5, 5.41) is 2.51. The number of para-hydroxylation sites is 1. The van der Waals surface area contributed by atoms with Crippen LogP contribution in [0.2, 0.25) is 0 Å². The lowest BCUT2D eigenvalue weighted by Crippen LogP contribution is -2.19. The van der Waals surface area contributed by atoms with Crippen molar-refractivity contribution in [2.45, 2.75) is 13.5 Å². The number of hydrogen-bond acceptors (Lipinski definition) is 3. The van der Waals surface area contributed by atoms with Gasteiger partial charge in [-0.1, -0.05) is 48.5 Å². The molecule has 0 saturated carbocycles. The molecule has 23 heavy (non-hydrogen) atoms. The van der Waals surface area contributed by atoms with Crippen LogP contribution in [0.4, 0.5) is 10.5 Å². The van der Waals surface area contributed by atoms with E-state index in [0.29, 0.717) is 0 Å². The molecular weight excluding hydrogens is 288 g/mol. The Hall–Kier alpha value is -2.82. The van der Waals surface area contributed by atoms with Crippen molar-refractivity contribution >= 4 is 18.1 Å². The molecule has 2 aromatic carbocycles. The molecule has 0 aliphatic carbocycles. The van der Waals surface area contributed by atoms with Crippen molar-refractivity contribution < 1.29 is 4.79 Å². The minimum absolute atomic E-state index is 0.528. The van der Waals surface area contributed by atoms with Crippen LogP contribution in [0.3, 0.4) is 0 Å². The number of urea groups is 1. The summed E-state index contributed by atoms with van der Waals surface area (Å²) in [5.74, 6) is 0. The summed E-state index contributed by atoms with van der Waals surface area (Å²) in [5.41, 5.74) is 8.07. The Labute approximate surface area is 136 Å². The van der Waals surface area contributed by atoms with Gasteiger partial charge >= 0.3 is 6.03 Å². The smallest absolute Gasteiger partial charge is 0.316 e. The first-order chi connectivity index (χ1) is 11.1. The van der Waals surface area contributed by atoms with Gasteiger partial charge in [-0.05, 0) is 24.1 Å². The fourth-order valence-electron chi connectivity index (χ4n) is 2.20. The number of benzene rings is 2. The molecule has 120 valence electrons. The first-order valence-corrected chi connectivity index (χ1v) is 7.55. The second kappa shape index (κ2) is 8.58. The van der Waals surface area contributed by atoms with E-state index < -0.39 is 6.03 Å². The first kappa shape index (κ1) is 16.5. The van der Waals surface area contributed by atoms with Crippen LogP contribution in [0, 0.1) is 6.92 Å². The highest BCUT2D eigenvalue weighted by Gasteiger charge is 2.04. The van der Waals surface area contributed by atoms with E-state index in [1.807, 2.05) is 37.5 Å². The molecule has 5 heteroatoms. The summed E-state index contributed by atoms with van der Waals surface area (Å²) in [6.07, 6.45) is 1.94. The van der Waals surface area contributed by atoms with Gasteiger partial charge in [-0.3, -0.25) is 4.99 Å². The third-order valence-corrected chi connectivity index (χ3v) is 3.39. The highest BCUT2D eigenvalue weighted by molar-refractivity contribution is 5.88. The lowest BCUT2D eigenvalue weighted by atomic mass is 10.2. The third kappa shape index (κ3) is 5.82. The quantitative estimate of drug-likeness (QED) is 0.915. The highest BCUT2D eigenvalue weighted by Crippen LogP contribution is 2.12. The van der Waals surface area contributed by atoms with Crippen molar-refractivity contribution in [1.82, 2.24) is 4.90 Å². The molecule has 0 atom stereocenters. The number of primary amides is 1. The molecule has 2 aromatic rings. The molecule has 0 fully saturated rings. The largest absolute Gasteiger partial charge is 0.357 e. The number of aliphatic imine (C=N–C) groups is 1. The van der Waals surface area contributed by atoms with E-state index in [0.717, 1.165) is 30.9 Å². The van der Waals surface area contributed by atoms with Crippen molar-refractivity contribution in [2.75, 3.05) is 18.4 Å². The van der Waals surface area contributed by atoms with Crippen LogP contribution in [-0.2, 0) is 6.54 Å². The summed E-state index contributed by atoms with van der Waals surface area (Å²) in [4.78, 5) is 16.8. The summed E-state index contributed by atoms with van der Waals surface area (Å²) in [6.45, 7) is 4.91. The standard InChI is InChI=1S/C10H12N2.C8H10N2O/c1-2-4-10(5-3-1)8-12-7-6-11-9-12;1-6-4-2-3-5-7(6)10-8(9)11/h1-5,9H,6-8H2;2-5H,1H3,(H3,9,10,11). The fraction of sp³-hybridized carbons (Fsp3) is 0.222. The van der Waals surface area contributed by atoms with Gasteiger partial charge in [0, 0.05) is 18.8 Å². The number of nitrogens with two attached hydrogens (primary N) is 1. The molecule has 0 spiro atoms. The van der Waals surface area contributed by atoms with Crippen LogP contribution in [0.15, 0.2) is 59.6 Å². The molecule has 0 aromatic heterocycles. The first-order valence-electron chi connectivity index (χ1n) is 7.55. The number of carbonyl (C=O) groups is 1. The van der Waals surface area contributed by atoms with E-state index in [4.69, 9.17) is 5.73 Å². The molecule has 0 bridgehead atoms. The Morgan fingerprint density at radius 3 is 2.48 bits per heavy atom. The van der Waals surface area contributed by atoms with Crippen LogP contribution in [-0.4, -0.2) is 30.4 Å². The average Bonchev–Trinajstić information content (AvgIpc) is 3.04. The van der Waals surface area contributed by atoms with Crippen molar-refractivity contribution in [1.29, 1.82) is 0 Å². The van der Waals surface area contributed by atoms with Gasteiger partial charge in [0.2, 0.25) is 0 Å². The molecule has 3 N–H and O–H groups in total. The molecule has 5 nitrogen and oxygen atoms in total. The van der Waals surface area contributed by atoms with Gasteiger partial charge in [-0.25, -0.2) is 4.79 Å². The molecule has 3 rings (SSSR count). The predicted octanol–water partition coefficient (Wildman–Crippen LogP) is 3.02. The topological polar surface area (TPSA) is 70.7 Å². The second-order valence-corrected chi connectivity index (χ2v) is 5.28. The maximum Gasteiger partial charge on any atom is 0.316 e. The predicted molar refractivity (Wildman–Crippen MR) is 94.6 cm³/mol. The van der Waals surface area contributed by atoms with Gasteiger partial charge < -0.3 is 16.0 Å². The molecule has 0 unspecified atom stereocenters. The molecule has 0 radical (unpaired) electrons. The molecule has 0 saturated heterocycles. The molecular formula is C18H22N4O. The summed E-state index contributed by atoms with van der Waals surface area (Å²) < 4.78 is 0. The SMILES string of the molecule is C1=NCCN1Cc1ccccc1.Cc1ccccc1NC(N)=O. The second-order valence-electron chi connectivity index (χ2n) is 5.28. The Bertz CT molecular complexity index is 655. The molecule has 1 heterocycles. The van der Waals surface area contributed by atoms with Crippen LogP contribution < -0.4 is 11.1 Å². The molecule has 2 amide bonds. The number of nitrogens with one attached hydrogen (secondary N) is 1. The van der Waals surface area contributed by atoms with E-state index in [1.165, 1.54) is 5.56 Å². The normalized spacial score (nSPS) is 12.5. The van der Waals surface area contributed by atoms with Crippen molar-refractivity contribution in [3.8, 4) is 0 Å². The zero-order valence-corrected chi connectivity index (χ0v) is 13.3. The Morgan fingerprint density at radius 2 is 1.87 bits per heavy atom. The van der Waals surface area contributed by atoms with Gasteiger partial charge in [0.05, 0.1) is 12.9 Å². The number of nitrogens with zero attached hydrogens (tertiary/aromatic N) is 2. The number of carbonyl (C=O) groups excluding carboxylic acids is 1. The Kier molecular flexibility index (Phi) is 6.17. The number of anilines is 1. The number of rotatable bonds is 3. The maximum atomic E-state index is 10.4. The number of aryl methyl sites for hydroxylation is 1. The van der Waals surface area contributed by atoms with E-state index in [-0.39, 0.29) is 0 Å². The van der Waals surface area contributed by atoms with Crippen LogP contribution in [0.1, 0.15) is 11.1 Å². The van der Waals surface area contributed by atoms with Crippen LogP contribution in [0.25, 0.3) is 0 Å². The zero-order valence-electron chi connectivity index (χ0n) is 13.3. The molecule has 1 aliphatic rings. The Morgan fingerprint density at radius 1 is 1.17 bits per heavy atom. The average molecular weight is 310 g/mol. The minimum Gasteiger partial charge on any atom is -0.357 e. The van der Waals surface area contributed by atoms with Crippen molar-refractivity contribution in [3.05, 3.63) is 65.7 Å². The van der Waals surface area contributed by atoms with E-state index in [1.54, 1.807) is 6.07 Å². The van der Waals surface area contributed by atoms with Crippen molar-refractivity contribution in [3.63, 3.8) is 0 Å². The maximum absolute atomic E-state index is 10.4. The lowest BCUT2D eigenvalue weighted by Gasteiger charge is -2.12. The highest BCUT2D eigenvalue weighted by atomic mass is 16.2. The van der Waals surface area contributed by atoms with E-state index >= 15 is 0 Å². The Balaban J connectivity index is 0.000000168. The van der Waals surface area contributed by atoms with Gasteiger partial charge in [-0.15, -0.1) is 0 Å². The zero-order chi connectivity index (χ0) is 16.5. The van der Waals surface area contributed by atoms with Crippen LogP contribution >= 0.6 is 0 Å². The lowest BCUT2D eigenvalue weighted by molar-refractivity contribution is 0.259. The summed E-state index contributed by atoms with van der Waals surface area (Å²) in [7, 11) is 0. The third-order valence-electron chi connectivity index (χ3n) is 3.39. The van der Waals surface area contributed by atoms with Crippen LogP contribution in [0.5, 0.6) is 0 Å². The van der Waals surface area contributed by atoms with E-state index in [2.05, 4.69) is 39.5 Å². The van der Waals surface area contributed by atoms with E-state index in [9.17, 15) is 4.79 Å². The summed E-state index contributed by atoms with van der Waals surface area (Å²) in [6, 6.07) is 17.4. The number of amides is 2. The van der Waals surface area contributed by atoms with Gasteiger partial charge in [0.25, 0.3) is 0 Å². The van der Waals surface area contributed by atoms with Gasteiger partial charge in [0.1, 0.15) is 0 Å². The summed E-state index contributed by atoms with van der Waals surface area (Å²) >= 11 is 0. The van der Waals surface area contributed by atoms with Crippen molar-refractivity contribution in [2.24, 2.45) is 10.7 Å². The monoisotopic (exact) mass is 310 g/mol. The van der Waals surface area contributed by atoms with Gasteiger partial charge in [0.15, 0.2) is 0 Å².